The molecular weight excluding hydrogens is 652 g/mol. The Bertz CT molecular complexity index is 1800. The Balaban J connectivity index is 1.56. The van der Waals surface area contributed by atoms with Crippen LogP contribution < -0.4 is 15.7 Å². The van der Waals surface area contributed by atoms with Gasteiger partial charge in [-0.1, -0.05) is 40.4 Å². The SMILES string of the molecule is CCn1c(=Nc2ccc(OC(F)(F)F)c(Br)c2)n(Cc2ccc(C(=O)Nc3nnn[nH]3)cc2)c2cc(Cl)c(Cl)cc21. The molecule has 3 aromatic carbocycles. The molecular formula is C25H18BrCl2F3N8O2. The van der Waals surface area contributed by atoms with E-state index in [-0.39, 0.29) is 16.2 Å². The number of hydrogen-bond acceptors (Lipinski definition) is 6. The lowest BCUT2D eigenvalue weighted by Gasteiger charge is -2.11. The number of amides is 1. The van der Waals surface area contributed by atoms with Crippen molar-refractivity contribution in [1.82, 2.24) is 29.8 Å². The van der Waals surface area contributed by atoms with Crippen molar-refractivity contribution >= 4 is 67.7 Å². The molecule has 0 fully saturated rings. The Labute approximate surface area is 247 Å². The highest BCUT2D eigenvalue weighted by molar-refractivity contribution is 9.10. The van der Waals surface area contributed by atoms with Gasteiger partial charge in [0.2, 0.25) is 11.6 Å². The summed E-state index contributed by atoms with van der Waals surface area (Å²) in [6.45, 7) is 2.76. The highest BCUT2D eigenvalue weighted by atomic mass is 79.9. The smallest absolute Gasteiger partial charge is 0.405 e. The molecule has 2 aromatic heterocycles. The summed E-state index contributed by atoms with van der Waals surface area (Å²) < 4.78 is 46.2. The van der Waals surface area contributed by atoms with Gasteiger partial charge in [0.1, 0.15) is 5.75 Å². The molecule has 41 heavy (non-hydrogen) atoms. The van der Waals surface area contributed by atoms with Gasteiger partial charge in [0.15, 0.2) is 0 Å². The number of imidazole rings is 1. The number of tetrazole rings is 1. The predicted octanol–water partition coefficient (Wildman–Crippen LogP) is 6.48. The van der Waals surface area contributed by atoms with Crippen LogP contribution in [0, 0.1) is 0 Å². The molecule has 0 atom stereocenters. The van der Waals surface area contributed by atoms with Gasteiger partial charge in [-0.25, -0.2) is 10.1 Å². The number of halogens is 6. The zero-order chi connectivity index (χ0) is 29.3. The van der Waals surface area contributed by atoms with E-state index in [0.717, 1.165) is 16.6 Å². The van der Waals surface area contributed by atoms with Gasteiger partial charge in [-0.3, -0.25) is 10.1 Å². The number of nitrogens with zero attached hydrogens (tertiary/aromatic N) is 6. The number of carbonyl (C=O) groups excluding carboxylic acids is 1. The molecule has 5 rings (SSSR count). The summed E-state index contributed by atoms with van der Waals surface area (Å²) in [5, 5.41) is 16.2. The van der Waals surface area contributed by atoms with Crippen LogP contribution in [0.2, 0.25) is 10.0 Å². The molecule has 0 radical (unpaired) electrons. The van der Waals surface area contributed by atoms with Gasteiger partial charge < -0.3 is 13.9 Å². The third-order valence-electron chi connectivity index (χ3n) is 5.90. The lowest BCUT2D eigenvalue weighted by Crippen LogP contribution is -2.26. The summed E-state index contributed by atoms with van der Waals surface area (Å²) >= 11 is 15.8. The molecule has 2 heterocycles. The first kappa shape index (κ1) is 28.6. The van der Waals surface area contributed by atoms with Crippen molar-refractivity contribution in [2.24, 2.45) is 4.99 Å². The van der Waals surface area contributed by atoms with Gasteiger partial charge >= 0.3 is 6.36 Å². The molecule has 1 amide bonds. The van der Waals surface area contributed by atoms with Crippen molar-refractivity contribution in [1.29, 1.82) is 0 Å². The Kier molecular flexibility index (Phi) is 8.07. The van der Waals surface area contributed by atoms with Crippen molar-refractivity contribution in [2.45, 2.75) is 26.4 Å². The second kappa shape index (κ2) is 11.5. The number of fused-ring (bicyclic) bond motifs is 1. The van der Waals surface area contributed by atoms with E-state index in [0.29, 0.717) is 40.0 Å². The van der Waals surface area contributed by atoms with Crippen LogP contribution in [0.4, 0.5) is 24.8 Å². The lowest BCUT2D eigenvalue weighted by molar-refractivity contribution is -0.274. The minimum atomic E-state index is -4.83. The number of anilines is 1. The Hall–Kier alpha value is -3.88. The first-order chi connectivity index (χ1) is 19.5. The van der Waals surface area contributed by atoms with E-state index < -0.39 is 12.3 Å². The molecule has 0 saturated heterocycles. The van der Waals surface area contributed by atoms with Gasteiger partial charge in [0, 0.05) is 12.1 Å². The number of carbonyl (C=O) groups is 1. The van der Waals surface area contributed by atoms with E-state index in [1.54, 1.807) is 36.4 Å². The van der Waals surface area contributed by atoms with Crippen LogP contribution in [-0.4, -0.2) is 42.0 Å². The van der Waals surface area contributed by atoms with Crippen LogP contribution >= 0.6 is 39.1 Å². The summed E-state index contributed by atoms with van der Waals surface area (Å²) in [4.78, 5) is 17.3. The maximum atomic E-state index is 12.7. The van der Waals surface area contributed by atoms with E-state index >= 15 is 0 Å². The third-order valence-corrected chi connectivity index (χ3v) is 7.24. The number of hydrogen-bond donors (Lipinski definition) is 2. The molecule has 2 N–H and O–H groups in total. The number of ether oxygens (including phenoxy) is 1. The maximum absolute atomic E-state index is 12.7. The minimum absolute atomic E-state index is 0.0860. The molecule has 5 aromatic rings. The zero-order valence-electron chi connectivity index (χ0n) is 20.9. The predicted molar refractivity (Wildman–Crippen MR) is 149 cm³/mol. The highest BCUT2D eigenvalue weighted by Crippen LogP contribution is 2.33. The molecule has 0 bridgehead atoms. The number of aromatic nitrogens is 6. The number of benzene rings is 3. The lowest BCUT2D eigenvalue weighted by atomic mass is 10.1. The first-order valence-corrected chi connectivity index (χ1v) is 13.4. The van der Waals surface area contributed by atoms with Crippen LogP contribution in [0.25, 0.3) is 11.0 Å². The van der Waals surface area contributed by atoms with Crippen molar-refractivity contribution in [3.63, 3.8) is 0 Å². The monoisotopic (exact) mass is 668 g/mol. The number of nitrogens with one attached hydrogen (secondary N) is 2. The topological polar surface area (TPSA) is 115 Å². The third kappa shape index (κ3) is 6.39. The van der Waals surface area contributed by atoms with Crippen LogP contribution in [0.1, 0.15) is 22.8 Å². The molecule has 0 aliphatic heterocycles. The van der Waals surface area contributed by atoms with E-state index in [2.05, 4.69) is 46.6 Å². The van der Waals surface area contributed by atoms with Crippen molar-refractivity contribution in [3.8, 4) is 5.75 Å². The van der Waals surface area contributed by atoms with E-state index in [1.807, 2.05) is 16.1 Å². The van der Waals surface area contributed by atoms with Crippen molar-refractivity contribution in [2.75, 3.05) is 5.32 Å². The number of H-pyrrole nitrogens is 1. The largest absolute Gasteiger partial charge is 0.573 e. The Morgan fingerprint density at radius 3 is 2.34 bits per heavy atom. The summed E-state index contributed by atoms with van der Waals surface area (Å²) in [7, 11) is 0. The normalized spacial score (nSPS) is 12.2. The first-order valence-electron chi connectivity index (χ1n) is 11.8. The molecule has 0 unspecified atom stereocenters. The molecule has 212 valence electrons. The molecule has 10 nitrogen and oxygen atoms in total. The second-order valence-corrected chi connectivity index (χ2v) is 10.2. The van der Waals surface area contributed by atoms with Gasteiger partial charge in [-0.15, -0.1) is 13.2 Å². The van der Waals surface area contributed by atoms with Crippen LogP contribution in [0.15, 0.2) is 64.1 Å². The minimum Gasteiger partial charge on any atom is -0.405 e. The average molecular weight is 670 g/mol. The summed E-state index contributed by atoms with van der Waals surface area (Å²) in [6.07, 6.45) is -4.83. The van der Waals surface area contributed by atoms with E-state index in [1.165, 1.54) is 18.2 Å². The van der Waals surface area contributed by atoms with E-state index in [4.69, 9.17) is 28.2 Å². The summed E-state index contributed by atoms with van der Waals surface area (Å²) in [5.74, 6) is -0.665. The summed E-state index contributed by atoms with van der Waals surface area (Å²) in [5.41, 5.74) is 3.59. The van der Waals surface area contributed by atoms with Crippen molar-refractivity contribution in [3.05, 3.63) is 85.9 Å². The number of alkyl halides is 3. The quantitative estimate of drug-likeness (QED) is 0.206. The fourth-order valence-corrected chi connectivity index (χ4v) is 4.89. The molecule has 16 heteroatoms. The van der Waals surface area contributed by atoms with Gasteiger partial charge in [-0.05, 0) is 81.3 Å². The highest BCUT2D eigenvalue weighted by Gasteiger charge is 2.32. The Morgan fingerprint density at radius 2 is 1.76 bits per heavy atom. The van der Waals surface area contributed by atoms with Crippen LogP contribution in [0.5, 0.6) is 5.75 Å². The maximum Gasteiger partial charge on any atom is 0.573 e. The molecule has 0 aliphatic carbocycles. The average Bonchev–Trinajstić information content (AvgIpc) is 3.52. The zero-order valence-corrected chi connectivity index (χ0v) is 24.0. The van der Waals surface area contributed by atoms with Crippen LogP contribution in [-0.2, 0) is 13.1 Å². The number of rotatable bonds is 7. The molecule has 0 aliphatic rings. The number of aromatic amines is 1. The van der Waals surface area contributed by atoms with Crippen molar-refractivity contribution < 1.29 is 22.7 Å². The Morgan fingerprint density at radius 1 is 1.07 bits per heavy atom. The van der Waals surface area contributed by atoms with Gasteiger partial charge in [0.05, 0.1) is 37.8 Å². The van der Waals surface area contributed by atoms with Gasteiger partial charge in [-0.2, -0.15) is 0 Å². The summed E-state index contributed by atoms with van der Waals surface area (Å²) in [6, 6.07) is 14.4. The molecule has 0 spiro atoms. The standard InChI is InChI=1S/C25H18BrCl2F3N8O2/c1-2-38-19-10-17(27)18(28)11-20(19)39(24(38)32-15-7-8-21(16(26)9-15)41-25(29,30)31)12-13-3-5-14(6-4-13)22(40)33-23-34-36-37-35-23/h3-11H,2,12H2,1H3,(H2,33,34,35,36,37,40). The second-order valence-electron chi connectivity index (χ2n) is 8.56. The fraction of sp³-hybridized carbons (Fsp3) is 0.160. The molecule has 0 saturated carbocycles. The van der Waals surface area contributed by atoms with Gasteiger partial charge in [0.25, 0.3) is 5.91 Å². The van der Waals surface area contributed by atoms with E-state index in [9.17, 15) is 18.0 Å². The fourth-order valence-electron chi connectivity index (χ4n) is 4.13. The van der Waals surface area contributed by atoms with Crippen LogP contribution in [0.3, 0.4) is 0 Å². The number of aryl methyl sites for hydroxylation is 1.